The lowest BCUT2D eigenvalue weighted by molar-refractivity contribution is -0.143. The third-order valence-electron chi connectivity index (χ3n) is 4.61. The normalized spacial score (nSPS) is 16.7. The first-order valence-electron chi connectivity index (χ1n) is 8.69. The number of nitrogens with one attached hydrogen (secondary N) is 1. The number of carbonyl (C=O) groups excluding carboxylic acids is 2. The summed E-state index contributed by atoms with van der Waals surface area (Å²) in [6, 6.07) is 15.2. The van der Waals surface area contributed by atoms with Crippen molar-refractivity contribution in [1.82, 2.24) is 10.2 Å². The molecule has 0 aromatic heterocycles. The van der Waals surface area contributed by atoms with Crippen molar-refractivity contribution < 1.29 is 9.59 Å². The van der Waals surface area contributed by atoms with Crippen LogP contribution < -0.4 is 5.32 Å². The number of hydrogen-bond acceptors (Lipinski definition) is 2. The van der Waals surface area contributed by atoms with Gasteiger partial charge in [0.2, 0.25) is 11.8 Å². The van der Waals surface area contributed by atoms with Gasteiger partial charge in [-0.2, -0.15) is 0 Å². The van der Waals surface area contributed by atoms with Crippen molar-refractivity contribution in [2.75, 3.05) is 0 Å². The monoisotopic (exact) mass is 336 g/mol. The van der Waals surface area contributed by atoms with E-state index in [2.05, 4.69) is 11.4 Å². The van der Waals surface area contributed by atoms with E-state index in [1.54, 1.807) is 4.90 Å². The van der Waals surface area contributed by atoms with Gasteiger partial charge in [-0.25, -0.2) is 0 Å². The van der Waals surface area contributed by atoms with Gasteiger partial charge in [-0.3, -0.25) is 9.59 Å². The maximum Gasteiger partial charge on any atom is 0.247 e. The van der Waals surface area contributed by atoms with Crippen molar-refractivity contribution in [3.05, 3.63) is 70.8 Å². The fourth-order valence-corrected chi connectivity index (χ4v) is 3.47. The molecule has 1 atom stereocenters. The van der Waals surface area contributed by atoms with Crippen LogP contribution in [0.25, 0.3) is 0 Å². The van der Waals surface area contributed by atoms with E-state index >= 15 is 0 Å². The van der Waals surface area contributed by atoms with E-state index in [1.165, 1.54) is 0 Å². The molecule has 1 heterocycles. The first-order chi connectivity index (χ1) is 12.0. The summed E-state index contributed by atoms with van der Waals surface area (Å²) >= 11 is 0. The Bertz CT molecular complexity index is 798. The summed E-state index contributed by atoms with van der Waals surface area (Å²) in [6.07, 6.45) is 0.357. The van der Waals surface area contributed by atoms with Gasteiger partial charge >= 0.3 is 0 Å². The molecule has 4 heteroatoms. The number of hydrogen-bond donors (Lipinski definition) is 1. The minimum absolute atomic E-state index is 0.00408. The number of amides is 2. The van der Waals surface area contributed by atoms with Crippen LogP contribution in [-0.4, -0.2) is 22.8 Å². The molecule has 2 aromatic rings. The Morgan fingerprint density at radius 3 is 2.68 bits per heavy atom. The molecule has 130 valence electrons. The van der Waals surface area contributed by atoms with Crippen molar-refractivity contribution in [3.8, 4) is 0 Å². The number of aryl methyl sites for hydroxylation is 1. The second-order valence-corrected chi connectivity index (χ2v) is 6.88. The van der Waals surface area contributed by atoms with Crippen LogP contribution in [0.1, 0.15) is 42.1 Å². The van der Waals surface area contributed by atoms with Crippen molar-refractivity contribution in [3.63, 3.8) is 0 Å². The summed E-state index contributed by atoms with van der Waals surface area (Å²) < 4.78 is 0. The van der Waals surface area contributed by atoms with E-state index in [4.69, 9.17) is 0 Å². The fourth-order valence-electron chi connectivity index (χ4n) is 3.47. The van der Waals surface area contributed by atoms with E-state index in [1.807, 2.05) is 63.2 Å². The molecule has 25 heavy (non-hydrogen) atoms. The predicted molar refractivity (Wildman–Crippen MR) is 97.9 cm³/mol. The Hall–Kier alpha value is -2.62. The molecule has 2 aromatic carbocycles. The van der Waals surface area contributed by atoms with Crippen LogP contribution in [0, 0.1) is 6.92 Å². The van der Waals surface area contributed by atoms with Crippen molar-refractivity contribution >= 4 is 11.8 Å². The highest BCUT2D eigenvalue weighted by Crippen LogP contribution is 2.32. The number of fused-ring (bicyclic) bond motifs is 1. The Balaban J connectivity index is 1.86. The number of rotatable bonds is 4. The molecule has 1 aliphatic heterocycles. The molecule has 1 aliphatic rings. The molecule has 0 fully saturated rings. The highest BCUT2D eigenvalue weighted by atomic mass is 16.2. The van der Waals surface area contributed by atoms with Gasteiger partial charge in [0.15, 0.2) is 0 Å². The smallest absolute Gasteiger partial charge is 0.247 e. The summed E-state index contributed by atoms with van der Waals surface area (Å²) in [5.41, 5.74) is 4.09. The second kappa shape index (κ2) is 7.09. The van der Waals surface area contributed by atoms with Gasteiger partial charge < -0.3 is 10.2 Å². The molecule has 0 radical (unpaired) electrons. The molecular formula is C21H24N2O2. The lowest BCUT2D eigenvalue weighted by Gasteiger charge is -2.39. The van der Waals surface area contributed by atoms with Crippen molar-refractivity contribution in [2.45, 2.75) is 45.8 Å². The average molecular weight is 336 g/mol. The molecule has 0 saturated carbocycles. The lowest BCUT2D eigenvalue weighted by Crippen LogP contribution is -2.50. The minimum atomic E-state index is -0.567. The van der Waals surface area contributed by atoms with Gasteiger partial charge in [0.25, 0.3) is 0 Å². The highest BCUT2D eigenvalue weighted by Gasteiger charge is 2.38. The van der Waals surface area contributed by atoms with Crippen LogP contribution in [0.15, 0.2) is 48.5 Å². The molecule has 0 spiro atoms. The average Bonchev–Trinajstić information content (AvgIpc) is 2.58. The van der Waals surface area contributed by atoms with Crippen LogP contribution >= 0.6 is 0 Å². The third kappa shape index (κ3) is 3.58. The van der Waals surface area contributed by atoms with E-state index in [9.17, 15) is 9.59 Å². The van der Waals surface area contributed by atoms with Crippen LogP contribution in [-0.2, 0) is 22.6 Å². The molecule has 0 saturated heterocycles. The zero-order valence-corrected chi connectivity index (χ0v) is 15.0. The van der Waals surface area contributed by atoms with E-state index < -0.39 is 6.04 Å². The van der Waals surface area contributed by atoms with Crippen LogP contribution in [0.3, 0.4) is 0 Å². The van der Waals surface area contributed by atoms with Gasteiger partial charge in [0, 0.05) is 12.6 Å². The summed E-state index contributed by atoms with van der Waals surface area (Å²) in [7, 11) is 0. The second-order valence-electron chi connectivity index (χ2n) is 6.88. The van der Waals surface area contributed by atoms with Gasteiger partial charge in [0.05, 0.1) is 6.42 Å². The van der Waals surface area contributed by atoms with Crippen LogP contribution in [0.2, 0.25) is 0 Å². The standard InChI is InChI=1S/C21H24N2O2/c1-14(2)23-19(24)12-17-9-4-5-10-18(17)20(23)21(25)22-13-16-8-6-7-15(3)11-16/h4-11,14,20H,12-13H2,1-3H3,(H,22,25)/t20-/m1/s1. The third-order valence-corrected chi connectivity index (χ3v) is 4.61. The summed E-state index contributed by atoms with van der Waals surface area (Å²) in [6.45, 7) is 6.39. The molecule has 3 rings (SSSR count). The largest absolute Gasteiger partial charge is 0.350 e. The van der Waals surface area contributed by atoms with E-state index in [-0.39, 0.29) is 17.9 Å². The molecule has 4 nitrogen and oxygen atoms in total. The quantitative estimate of drug-likeness (QED) is 0.932. The van der Waals surface area contributed by atoms with Crippen molar-refractivity contribution in [2.24, 2.45) is 0 Å². The van der Waals surface area contributed by atoms with E-state index in [0.717, 1.165) is 22.3 Å². The van der Waals surface area contributed by atoms with Crippen LogP contribution in [0.4, 0.5) is 0 Å². The fraction of sp³-hybridized carbons (Fsp3) is 0.333. The van der Waals surface area contributed by atoms with Gasteiger partial charge in [-0.15, -0.1) is 0 Å². The number of benzene rings is 2. The van der Waals surface area contributed by atoms with Gasteiger partial charge in [-0.05, 0) is 37.5 Å². The van der Waals surface area contributed by atoms with Crippen LogP contribution in [0.5, 0.6) is 0 Å². The zero-order chi connectivity index (χ0) is 18.0. The number of carbonyl (C=O) groups is 2. The zero-order valence-electron chi connectivity index (χ0n) is 15.0. The minimum Gasteiger partial charge on any atom is -0.350 e. The SMILES string of the molecule is Cc1cccc(CNC(=O)[C@H]2c3ccccc3CC(=O)N2C(C)C)c1. The number of nitrogens with zero attached hydrogens (tertiary/aromatic N) is 1. The van der Waals surface area contributed by atoms with E-state index in [0.29, 0.717) is 13.0 Å². The molecule has 0 unspecified atom stereocenters. The summed E-state index contributed by atoms with van der Waals surface area (Å²) in [5.74, 6) is -0.125. The summed E-state index contributed by atoms with van der Waals surface area (Å²) in [5, 5.41) is 3.01. The Labute approximate surface area is 148 Å². The highest BCUT2D eigenvalue weighted by molar-refractivity contribution is 5.92. The Kier molecular flexibility index (Phi) is 4.88. The van der Waals surface area contributed by atoms with Crippen molar-refractivity contribution in [1.29, 1.82) is 0 Å². The maximum atomic E-state index is 13.0. The predicted octanol–water partition coefficient (Wildman–Crippen LogP) is 3.15. The molecule has 2 amide bonds. The summed E-state index contributed by atoms with van der Waals surface area (Å²) in [4.78, 5) is 27.3. The lowest BCUT2D eigenvalue weighted by atomic mass is 9.90. The topological polar surface area (TPSA) is 49.4 Å². The molecule has 0 bridgehead atoms. The maximum absolute atomic E-state index is 13.0. The van der Waals surface area contributed by atoms with Gasteiger partial charge in [-0.1, -0.05) is 54.1 Å². The molecule has 1 N–H and O–H groups in total. The molecular weight excluding hydrogens is 312 g/mol. The first kappa shape index (κ1) is 17.2. The molecule has 0 aliphatic carbocycles. The Morgan fingerprint density at radius 1 is 1.20 bits per heavy atom. The Morgan fingerprint density at radius 2 is 1.96 bits per heavy atom. The first-order valence-corrected chi connectivity index (χ1v) is 8.69. The van der Waals surface area contributed by atoms with Gasteiger partial charge in [0.1, 0.15) is 6.04 Å².